The number of ketones is 1. The lowest BCUT2D eigenvalue weighted by Gasteiger charge is -2.29. The number of aromatic nitrogens is 2. The second-order valence-electron chi connectivity index (χ2n) is 6.68. The first-order chi connectivity index (χ1) is 11.0. The number of rotatable bonds is 1. The van der Waals surface area contributed by atoms with E-state index in [0.29, 0.717) is 4.68 Å². The minimum atomic E-state index is -2.23. The topological polar surface area (TPSA) is 34.9 Å². The van der Waals surface area contributed by atoms with Crippen molar-refractivity contribution in [2.24, 2.45) is 5.41 Å². The molecule has 0 aliphatic heterocycles. The fourth-order valence-corrected chi connectivity index (χ4v) is 3.10. The van der Waals surface area contributed by atoms with Crippen molar-refractivity contribution >= 4 is 5.78 Å². The molecule has 128 valence electrons. The number of hydrogen-bond acceptors (Lipinski definition) is 2. The lowest BCUT2D eigenvalue weighted by Crippen LogP contribution is -2.28. The predicted octanol–water partition coefficient (Wildman–Crippen LogP) is 4.03. The van der Waals surface area contributed by atoms with Gasteiger partial charge >= 0.3 is 0 Å². The van der Waals surface area contributed by atoms with E-state index in [0.717, 1.165) is 0 Å². The largest absolute Gasteiger partial charge is 0.294 e. The highest BCUT2D eigenvalue weighted by Crippen LogP contribution is 2.38. The zero-order valence-electron chi connectivity index (χ0n) is 13.1. The highest BCUT2D eigenvalue weighted by molar-refractivity contribution is 5.99. The summed E-state index contributed by atoms with van der Waals surface area (Å²) in [5.41, 5.74) is -1.16. The zero-order valence-corrected chi connectivity index (χ0v) is 13.1. The van der Waals surface area contributed by atoms with Gasteiger partial charge in [-0.3, -0.25) is 4.79 Å². The summed E-state index contributed by atoms with van der Waals surface area (Å²) in [6.07, 6.45) is 0.429. The molecular formula is C16H13F5N2O. The summed E-state index contributed by atoms with van der Waals surface area (Å²) in [5, 5.41) is 3.87. The first kappa shape index (κ1) is 16.6. The van der Waals surface area contributed by atoms with Gasteiger partial charge in [0.2, 0.25) is 5.82 Å². The summed E-state index contributed by atoms with van der Waals surface area (Å²) >= 11 is 0. The molecule has 1 aliphatic carbocycles. The summed E-state index contributed by atoms with van der Waals surface area (Å²) in [6, 6.07) is 0. The Balaban J connectivity index is 2.35. The number of benzene rings is 1. The highest BCUT2D eigenvalue weighted by atomic mass is 19.2. The summed E-state index contributed by atoms with van der Waals surface area (Å²) in [7, 11) is 0. The van der Waals surface area contributed by atoms with Crippen LogP contribution in [0, 0.1) is 41.4 Å². The molecule has 24 heavy (non-hydrogen) atoms. The molecule has 0 amide bonds. The molecule has 1 aromatic heterocycles. The number of fused-ring (bicyclic) bond motifs is 1. The Morgan fingerprint density at radius 1 is 0.917 bits per heavy atom. The van der Waals surface area contributed by atoms with Crippen molar-refractivity contribution in [2.75, 3.05) is 0 Å². The van der Waals surface area contributed by atoms with Gasteiger partial charge < -0.3 is 0 Å². The van der Waals surface area contributed by atoms with Crippen molar-refractivity contribution in [2.45, 2.75) is 33.6 Å². The van der Waals surface area contributed by atoms with E-state index < -0.39 is 40.2 Å². The van der Waals surface area contributed by atoms with Gasteiger partial charge in [-0.25, -0.2) is 26.6 Å². The Hall–Kier alpha value is -2.25. The van der Waals surface area contributed by atoms with E-state index in [-0.39, 0.29) is 35.6 Å². The van der Waals surface area contributed by atoms with Gasteiger partial charge in [0, 0.05) is 6.42 Å². The molecule has 0 saturated carbocycles. The van der Waals surface area contributed by atoms with Crippen LogP contribution in [-0.4, -0.2) is 15.6 Å². The van der Waals surface area contributed by atoms with Gasteiger partial charge in [0.1, 0.15) is 5.69 Å². The van der Waals surface area contributed by atoms with Crippen LogP contribution in [0.5, 0.6) is 0 Å². The number of aryl methyl sites for hydroxylation is 1. The fourth-order valence-electron chi connectivity index (χ4n) is 3.10. The van der Waals surface area contributed by atoms with E-state index in [1.165, 1.54) is 6.92 Å². The first-order valence-corrected chi connectivity index (χ1v) is 7.18. The highest BCUT2D eigenvalue weighted by Gasteiger charge is 2.38. The molecule has 0 fully saturated rings. The summed E-state index contributed by atoms with van der Waals surface area (Å²) in [4.78, 5) is 12.3. The van der Waals surface area contributed by atoms with Crippen molar-refractivity contribution in [1.82, 2.24) is 9.78 Å². The van der Waals surface area contributed by atoms with Crippen LogP contribution in [0.1, 0.15) is 42.0 Å². The maximum Gasteiger partial charge on any atom is 0.200 e. The third-order valence-corrected chi connectivity index (χ3v) is 4.12. The Morgan fingerprint density at radius 2 is 1.42 bits per heavy atom. The zero-order chi connectivity index (χ0) is 18.0. The molecule has 2 aromatic rings. The molecule has 0 radical (unpaired) electrons. The van der Waals surface area contributed by atoms with E-state index in [9.17, 15) is 26.7 Å². The van der Waals surface area contributed by atoms with Crippen LogP contribution in [0.2, 0.25) is 0 Å². The van der Waals surface area contributed by atoms with Gasteiger partial charge in [-0.15, -0.1) is 0 Å². The SMILES string of the molecule is Cc1nn(-c2c(F)c(F)c(F)c(F)c2F)c2c1C(=O)CC(C)(C)C2. The molecule has 8 heteroatoms. The molecule has 3 rings (SSSR count). The molecule has 1 aliphatic rings. The Morgan fingerprint density at radius 3 is 1.96 bits per heavy atom. The maximum absolute atomic E-state index is 14.1. The van der Waals surface area contributed by atoms with E-state index in [2.05, 4.69) is 5.10 Å². The molecule has 0 bridgehead atoms. The second kappa shape index (κ2) is 5.12. The van der Waals surface area contributed by atoms with Gasteiger partial charge in [0.15, 0.2) is 29.1 Å². The number of nitrogens with zero attached hydrogens (tertiary/aromatic N) is 2. The van der Waals surface area contributed by atoms with Crippen molar-refractivity contribution in [3.8, 4) is 5.69 Å². The number of carbonyl (C=O) groups excluding carboxylic acids is 1. The van der Waals surface area contributed by atoms with Crippen LogP contribution in [0.15, 0.2) is 0 Å². The molecule has 0 saturated heterocycles. The van der Waals surface area contributed by atoms with Crippen molar-refractivity contribution < 1.29 is 26.7 Å². The predicted molar refractivity (Wildman–Crippen MR) is 74.5 cm³/mol. The maximum atomic E-state index is 14.1. The summed E-state index contributed by atoms with van der Waals surface area (Å²) in [6.45, 7) is 5.01. The van der Waals surface area contributed by atoms with E-state index >= 15 is 0 Å². The average molecular weight is 344 g/mol. The van der Waals surface area contributed by atoms with Gasteiger partial charge in [-0.05, 0) is 18.8 Å². The van der Waals surface area contributed by atoms with Crippen LogP contribution in [0.25, 0.3) is 5.69 Å². The minimum Gasteiger partial charge on any atom is -0.294 e. The fraction of sp³-hybridized carbons (Fsp3) is 0.375. The smallest absolute Gasteiger partial charge is 0.200 e. The Labute approximate surface area is 134 Å². The lowest BCUT2D eigenvalue weighted by molar-refractivity contribution is 0.0910. The van der Waals surface area contributed by atoms with Crippen LogP contribution >= 0.6 is 0 Å². The summed E-state index contributed by atoms with van der Waals surface area (Å²) < 4.78 is 69.1. The van der Waals surface area contributed by atoms with Gasteiger partial charge in [0.05, 0.1) is 17.0 Å². The second-order valence-corrected chi connectivity index (χ2v) is 6.68. The Bertz CT molecular complexity index is 856. The molecular weight excluding hydrogens is 331 g/mol. The van der Waals surface area contributed by atoms with E-state index in [1.54, 1.807) is 13.8 Å². The third-order valence-electron chi connectivity index (χ3n) is 4.12. The number of carbonyl (C=O) groups is 1. The monoisotopic (exact) mass is 344 g/mol. The number of halogens is 5. The molecule has 0 spiro atoms. The third kappa shape index (κ3) is 2.23. The van der Waals surface area contributed by atoms with Crippen molar-refractivity contribution in [3.05, 3.63) is 46.0 Å². The lowest BCUT2D eigenvalue weighted by atomic mass is 9.75. The quantitative estimate of drug-likeness (QED) is 0.445. The van der Waals surface area contributed by atoms with Gasteiger partial charge in [-0.1, -0.05) is 13.8 Å². The molecule has 3 nitrogen and oxygen atoms in total. The number of hydrogen-bond donors (Lipinski definition) is 0. The van der Waals surface area contributed by atoms with E-state index in [4.69, 9.17) is 0 Å². The molecule has 1 heterocycles. The standard InChI is InChI=1S/C16H13F5N2O/c1-6-9-7(4-16(2,3)5-8(9)24)23(22-6)15-13(20)11(18)10(17)12(19)14(15)21/h4-5H2,1-3H3. The number of Topliss-reactive ketones (excluding diaryl/α,β-unsaturated/α-hetero) is 1. The molecule has 1 aromatic carbocycles. The average Bonchev–Trinajstić information content (AvgIpc) is 2.79. The van der Waals surface area contributed by atoms with Gasteiger partial charge in [-0.2, -0.15) is 5.10 Å². The van der Waals surface area contributed by atoms with Crippen LogP contribution < -0.4 is 0 Å². The van der Waals surface area contributed by atoms with Crippen molar-refractivity contribution in [1.29, 1.82) is 0 Å². The minimum absolute atomic E-state index is 0.150. The van der Waals surface area contributed by atoms with Crippen LogP contribution in [0.3, 0.4) is 0 Å². The van der Waals surface area contributed by atoms with Crippen LogP contribution in [0.4, 0.5) is 22.0 Å². The molecule has 0 atom stereocenters. The molecule has 0 unspecified atom stereocenters. The first-order valence-electron chi connectivity index (χ1n) is 7.18. The van der Waals surface area contributed by atoms with Gasteiger partial charge in [0.25, 0.3) is 0 Å². The summed E-state index contributed by atoms with van der Waals surface area (Å²) in [5.74, 6) is -10.6. The Kier molecular flexibility index (Phi) is 3.54. The normalized spacial score (nSPS) is 16.4. The van der Waals surface area contributed by atoms with Crippen LogP contribution in [-0.2, 0) is 6.42 Å². The van der Waals surface area contributed by atoms with E-state index in [1.807, 2.05) is 0 Å². The van der Waals surface area contributed by atoms with Crippen molar-refractivity contribution in [3.63, 3.8) is 0 Å². The molecule has 0 N–H and O–H groups in total.